The number of amides is 1. The second-order valence-corrected chi connectivity index (χ2v) is 11.3. The van der Waals surface area contributed by atoms with Crippen molar-refractivity contribution in [1.82, 2.24) is 5.32 Å². The fourth-order valence-electron chi connectivity index (χ4n) is 3.75. The summed E-state index contributed by atoms with van der Waals surface area (Å²) < 4.78 is 10.5. The van der Waals surface area contributed by atoms with Crippen molar-refractivity contribution in [3.05, 3.63) is 65.2 Å². The van der Waals surface area contributed by atoms with Crippen LogP contribution < -0.4 is 10.1 Å². The number of carbonyl (C=O) groups is 2. The number of methoxy groups -OCH3 is 1. The number of unbranched alkanes of at least 4 members (excludes halogenated alkanes) is 3. The molecule has 0 saturated heterocycles. The summed E-state index contributed by atoms with van der Waals surface area (Å²) in [5.41, 5.74) is 3.27. The van der Waals surface area contributed by atoms with Crippen LogP contribution >= 0.6 is 0 Å². The van der Waals surface area contributed by atoms with Gasteiger partial charge in [0, 0.05) is 24.4 Å². The van der Waals surface area contributed by atoms with Crippen molar-refractivity contribution >= 4 is 17.6 Å². The molecule has 0 spiro atoms. The van der Waals surface area contributed by atoms with Gasteiger partial charge in [0.1, 0.15) is 11.4 Å². The molecule has 1 N–H and O–H groups in total. The van der Waals surface area contributed by atoms with E-state index in [0.29, 0.717) is 18.7 Å². The minimum Gasteiger partial charge on any atom is -0.497 e. The lowest BCUT2D eigenvalue weighted by Gasteiger charge is -2.19. The number of alkyl carbamates (subject to hydrolysis) is 1. The van der Waals surface area contributed by atoms with E-state index in [9.17, 15) is 9.59 Å². The maximum Gasteiger partial charge on any atom is 0.407 e. The molecule has 37 heavy (non-hydrogen) atoms. The zero-order valence-electron chi connectivity index (χ0n) is 23.6. The van der Waals surface area contributed by atoms with Crippen molar-refractivity contribution in [3.8, 4) is 5.75 Å². The number of nitrogens with one attached hydrogen (secondary N) is 1. The van der Waals surface area contributed by atoms with Gasteiger partial charge in [-0.2, -0.15) is 0 Å². The van der Waals surface area contributed by atoms with Crippen LogP contribution in [0.4, 0.5) is 4.79 Å². The van der Waals surface area contributed by atoms with E-state index in [1.165, 1.54) is 5.56 Å². The molecule has 1 amide bonds. The Morgan fingerprint density at radius 2 is 1.41 bits per heavy atom. The van der Waals surface area contributed by atoms with Gasteiger partial charge in [-0.1, -0.05) is 57.9 Å². The van der Waals surface area contributed by atoms with Gasteiger partial charge in [-0.15, -0.1) is 0 Å². The van der Waals surface area contributed by atoms with Crippen LogP contribution in [-0.4, -0.2) is 43.4 Å². The number of carbonyl (C=O) groups excluding carboxylic acids is 2. The number of ether oxygens (including phenoxy) is 2. The SMILES string of the molecule is COc1ccc(C(=O)C/C(=N/CCCCCCNC(=O)OC(C)(C)C)c2ccc(C(C)(C)C)cc2)cc1. The van der Waals surface area contributed by atoms with Gasteiger partial charge in [-0.05, 0) is 74.4 Å². The molecule has 0 aromatic heterocycles. The van der Waals surface area contributed by atoms with E-state index in [-0.39, 0.29) is 23.7 Å². The van der Waals surface area contributed by atoms with Crippen LogP contribution in [0.5, 0.6) is 5.75 Å². The first kappa shape index (κ1) is 30.1. The Labute approximate surface area is 222 Å². The molecular weight excluding hydrogens is 464 g/mol. The quantitative estimate of drug-likeness (QED) is 0.188. The second kappa shape index (κ2) is 14.0. The Morgan fingerprint density at radius 1 is 0.811 bits per heavy atom. The maximum absolute atomic E-state index is 13.0. The van der Waals surface area contributed by atoms with Gasteiger partial charge in [0.2, 0.25) is 0 Å². The zero-order chi connectivity index (χ0) is 27.5. The number of rotatable bonds is 12. The highest BCUT2D eigenvalue weighted by molar-refractivity contribution is 6.15. The first-order valence-corrected chi connectivity index (χ1v) is 13.2. The van der Waals surface area contributed by atoms with Gasteiger partial charge in [0.05, 0.1) is 13.5 Å². The molecule has 0 radical (unpaired) electrons. The molecule has 0 bridgehead atoms. The number of ketones is 1. The van der Waals surface area contributed by atoms with E-state index in [0.717, 1.165) is 42.7 Å². The van der Waals surface area contributed by atoms with Crippen LogP contribution in [-0.2, 0) is 10.2 Å². The van der Waals surface area contributed by atoms with E-state index >= 15 is 0 Å². The smallest absolute Gasteiger partial charge is 0.407 e. The molecule has 0 heterocycles. The fraction of sp³-hybridized carbons (Fsp3) is 0.516. The molecule has 2 rings (SSSR count). The van der Waals surface area contributed by atoms with E-state index in [1.807, 2.05) is 20.8 Å². The third kappa shape index (κ3) is 11.2. The Kier molecular flexibility index (Phi) is 11.4. The van der Waals surface area contributed by atoms with Gasteiger partial charge in [0.15, 0.2) is 5.78 Å². The number of hydrogen-bond donors (Lipinski definition) is 1. The van der Waals surface area contributed by atoms with Gasteiger partial charge >= 0.3 is 6.09 Å². The van der Waals surface area contributed by atoms with Gasteiger partial charge < -0.3 is 14.8 Å². The van der Waals surface area contributed by atoms with Crippen LogP contribution in [0.15, 0.2) is 53.5 Å². The molecule has 6 heteroatoms. The first-order chi connectivity index (χ1) is 17.4. The summed E-state index contributed by atoms with van der Waals surface area (Å²) >= 11 is 0. The zero-order valence-corrected chi connectivity index (χ0v) is 23.6. The monoisotopic (exact) mass is 508 g/mol. The summed E-state index contributed by atoms with van der Waals surface area (Å²) in [6, 6.07) is 15.6. The minimum absolute atomic E-state index is 0.0366. The van der Waals surface area contributed by atoms with Crippen molar-refractivity contribution in [3.63, 3.8) is 0 Å². The van der Waals surface area contributed by atoms with Crippen LogP contribution in [0, 0.1) is 0 Å². The molecule has 0 aliphatic carbocycles. The molecule has 6 nitrogen and oxygen atoms in total. The number of hydrogen-bond acceptors (Lipinski definition) is 5. The van der Waals surface area contributed by atoms with E-state index < -0.39 is 5.60 Å². The average molecular weight is 509 g/mol. The number of benzene rings is 2. The van der Waals surface area contributed by atoms with Crippen molar-refractivity contribution < 1.29 is 19.1 Å². The van der Waals surface area contributed by atoms with Crippen LogP contribution in [0.25, 0.3) is 0 Å². The molecule has 0 saturated carbocycles. The standard InChI is InChI=1S/C31H44N2O4/c1-30(2,3)25-16-12-23(13-17-25)27(22-28(34)24-14-18-26(36-7)19-15-24)32-20-10-8-9-11-21-33-29(35)37-31(4,5)6/h12-19H,8-11,20-22H2,1-7H3,(H,33,35)/b32-27-. The maximum atomic E-state index is 13.0. The molecule has 2 aromatic carbocycles. The highest BCUT2D eigenvalue weighted by Crippen LogP contribution is 2.23. The molecule has 0 atom stereocenters. The van der Waals surface area contributed by atoms with Crippen LogP contribution in [0.1, 0.15) is 95.1 Å². The van der Waals surface area contributed by atoms with Crippen molar-refractivity contribution in [2.45, 2.75) is 84.7 Å². The fourth-order valence-corrected chi connectivity index (χ4v) is 3.75. The summed E-state index contributed by atoms with van der Waals surface area (Å²) in [6.45, 7) is 13.4. The number of aliphatic imine (C=N–C) groups is 1. The van der Waals surface area contributed by atoms with Crippen molar-refractivity contribution in [2.24, 2.45) is 4.99 Å². The van der Waals surface area contributed by atoms with Gasteiger partial charge in [0.25, 0.3) is 0 Å². The van der Waals surface area contributed by atoms with E-state index in [4.69, 9.17) is 14.5 Å². The summed E-state index contributed by atoms with van der Waals surface area (Å²) in [6.07, 6.45) is 3.68. The highest BCUT2D eigenvalue weighted by Gasteiger charge is 2.17. The summed E-state index contributed by atoms with van der Waals surface area (Å²) in [5, 5.41) is 2.80. The van der Waals surface area contributed by atoms with E-state index in [1.54, 1.807) is 31.4 Å². The lowest BCUT2D eigenvalue weighted by atomic mass is 9.86. The molecule has 0 unspecified atom stereocenters. The number of Topliss-reactive ketones (excluding diaryl/α,β-unsaturated/α-hetero) is 1. The lowest BCUT2D eigenvalue weighted by Crippen LogP contribution is -2.32. The topological polar surface area (TPSA) is 77.0 Å². The summed E-state index contributed by atoms with van der Waals surface area (Å²) in [5.74, 6) is 0.763. The normalized spacial score (nSPS) is 12.2. The largest absolute Gasteiger partial charge is 0.497 e. The molecular formula is C31H44N2O4. The van der Waals surface area contributed by atoms with Crippen molar-refractivity contribution in [1.29, 1.82) is 0 Å². The minimum atomic E-state index is -0.485. The summed E-state index contributed by atoms with van der Waals surface area (Å²) in [7, 11) is 1.61. The van der Waals surface area contributed by atoms with Gasteiger partial charge in [-0.25, -0.2) is 4.79 Å². The number of nitrogens with zero attached hydrogens (tertiary/aromatic N) is 1. The molecule has 0 aliphatic rings. The molecule has 0 fully saturated rings. The van der Waals surface area contributed by atoms with Crippen molar-refractivity contribution in [2.75, 3.05) is 20.2 Å². The Hall–Kier alpha value is -3.15. The predicted octanol–water partition coefficient (Wildman–Crippen LogP) is 7.14. The second-order valence-electron chi connectivity index (χ2n) is 11.3. The van der Waals surface area contributed by atoms with E-state index in [2.05, 4.69) is 50.4 Å². The lowest BCUT2D eigenvalue weighted by molar-refractivity contribution is 0.0526. The van der Waals surface area contributed by atoms with Crippen LogP contribution in [0.3, 0.4) is 0 Å². The molecule has 2 aromatic rings. The van der Waals surface area contributed by atoms with Crippen LogP contribution in [0.2, 0.25) is 0 Å². The first-order valence-electron chi connectivity index (χ1n) is 13.2. The Balaban J connectivity index is 1.95. The molecule has 202 valence electrons. The highest BCUT2D eigenvalue weighted by atomic mass is 16.6. The Bertz CT molecular complexity index is 1030. The Morgan fingerprint density at radius 3 is 1.97 bits per heavy atom. The third-order valence-corrected chi connectivity index (χ3v) is 5.88. The third-order valence-electron chi connectivity index (χ3n) is 5.88. The molecule has 0 aliphatic heterocycles. The summed E-state index contributed by atoms with van der Waals surface area (Å²) in [4.78, 5) is 29.6. The van der Waals surface area contributed by atoms with Gasteiger partial charge in [-0.3, -0.25) is 9.79 Å². The predicted molar refractivity (Wildman–Crippen MR) is 151 cm³/mol. The average Bonchev–Trinajstić information content (AvgIpc) is 2.83.